The number of likely N-dealkylation sites (tertiary alicyclic amines) is 1. The van der Waals surface area contributed by atoms with Crippen molar-refractivity contribution in [3.05, 3.63) is 0 Å². The van der Waals surface area contributed by atoms with Gasteiger partial charge < -0.3 is 19.1 Å². The first kappa shape index (κ1) is 15.1. The molecule has 1 atom stereocenters. The topological polar surface area (TPSA) is 85.4 Å². The van der Waals surface area contributed by atoms with Gasteiger partial charge in [-0.1, -0.05) is 0 Å². The first-order chi connectivity index (χ1) is 10.6. The van der Waals surface area contributed by atoms with Crippen LogP contribution in [0.25, 0.3) is 0 Å². The Morgan fingerprint density at radius 1 is 1.27 bits per heavy atom. The second-order valence-electron chi connectivity index (χ2n) is 5.90. The van der Waals surface area contributed by atoms with E-state index in [1.54, 1.807) is 4.90 Å². The fourth-order valence-electron chi connectivity index (χ4n) is 2.84. The van der Waals surface area contributed by atoms with Crippen molar-refractivity contribution in [3.63, 3.8) is 0 Å². The highest BCUT2D eigenvalue weighted by Crippen LogP contribution is 2.20. The minimum absolute atomic E-state index is 0.00626. The lowest BCUT2D eigenvalue weighted by atomic mass is 10.0. The number of carbonyl (C=O) groups excluding carboxylic acids is 3. The Balaban J connectivity index is 1.35. The van der Waals surface area contributed by atoms with Crippen LogP contribution in [0.5, 0.6) is 0 Å². The number of amides is 3. The Labute approximate surface area is 128 Å². The van der Waals surface area contributed by atoms with E-state index >= 15 is 0 Å². The standard InChI is InChI=1S/C14H20N2O6/c17-12-9-22-14(19)16(12)7-10-5-15(6-10)13(18)21-8-11-3-1-2-4-20-11/h10-11H,1-9H2. The van der Waals surface area contributed by atoms with E-state index in [-0.39, 0.29) is 37.2 Å². The highest BCUT2D eigenvalue weighted by Gasteiger charge is 2.38. The molecule has 8 heteroatoms. The number of ether oxygens (including phenoxy) is 3. The first-order valence-corrected chi connectivity index (χ1v) is 7.64. The Morgan fingerprint density at radius 3 is 2.73 bits per heavy atom. The summed E-state index contributed by atoms with van der Waals surface area (Å²) in [7, 11) is 0. The third-order valence-corrected chi connectivity index (χ3v) is 4.16. The third kappa shape index (κ3) is 3.32. The molecule has 0 aromatic rings. The molecule has 3 amide bonds. The monoisotopic (exact) mass is 312 g/mol. The van der Waals surface area contributed by atoms with Crippen molar-refractivity contribution in [3.8, 4) is 0 Å². The predicted octanol–water partition coefficient (Wildman–Crippen LogP) is 0.603. The lowest BCUT2D eigenvalue weighted by molar-refractivity contribution is -0.126. The van der Waals surface area contributed by atoms with Crippen LogP contribution in [0.4, 0.5) is 9.59 Å². The summed E-state index contributed by atoms with van der Waals surface area (Å²) in [5.41, 5.74) is 0. The summed E-state index contributed by atoms with van der Waals surface area (Å²) >= 11 is 0. The van der Waals surface area contributed by atoms with Crippen molar-refractivity contribution in [2.45, 2.75) is 25.4 Å². The predicted molar refractivity (Wildman–Crippen MR) is 73.1 cm³/mol. The minimum atomic E-state index is -0.597. The molecule has 122 valence electrons. The number of nitrogens with zero attached hydrogens (tertiary/aromatic N) is 2. The number of rotatable bonds is 4. The molecule has 0 saturated carbocycles. The quantitative estimate of drug-likeness (QED) is 0.756. The van der Waals surface area contributed by atoms with Gasteiger partial charge in [0.15, 0.2) is 6.61 Å². The minimum Gasteiger partial charge on any atom is -0.447 e. The number of carbonyl (C=O) groups is 3. The van der Waals surface area contributed by atoms with E-state index in [2.05, 4.69) is 4.74 Å². The van der Waals surface area contributed by atoms with Gasteiger partial charge in [-0.05, 0) is 19.3 Å². The molecule has 22 heavy (non-hydrogen) atoms. The van der Waals surface area contributed by atoms with Crippen LogP contribution in [0.2, 0.25) is 0 Å². The lowest BCUT2D eigenvalue weighted by Crippen LogP contribution is -2.54. The molecule has 1 unspecified atom stereocenters. The van der Waals surface area contributed by atoms with Crippen molar-refractivity contribution >= 4 is 18.1 Å². The molecule has 0 aromatic carbocycles. The smallest absolute Gasteiger partial charge is 0.417 e. The van der Waals surface area contributed by atoms with Gasteiger partial charge >= 0.3 is 12.2 Å². The number of imide groups is 1. The van der Waals surface area contributed by atoms with Crippen molar-refractivity contribution < 1.29 is 28.6 Å². The molecular formula is C14H20N2O6. The highest BCUT2D eigenvalue weighted by atomic mass is 16.6. The highest BCUT2D eigenvalue weighted by molar-refractivity contribution is 5.97. The van der Waals surface area contributed by atoms with Gasteiger partial charge in [0, 0.05) is 32.2 Å². The van der Waals surface area contributed by atoms with Crippen molar-refractivity contribution in [1.82, 2.24) is 9.80 Å². The van der Waals surface area contributed by atoms with E-state index in [1.165, 1.54) is 0 Å². The van der Waals surface area contributed by atoms with Crippen LogP contribution in [0.3, 0.4) is 0 Å². The Hall–Kier alpha value is -1.83. The third-order valence-electron chi connectivity index (χ3n) is 4.16. The summed E-state index contributed by atoms with van der Waals surface area (Å²) in [4.78, 5) is 37.3. The molecular weight excluding hydrogens is 292 g/mol. The SMILES string of the molecule is O=C(OCC1CCCCO1)N1CC(CN2C(=O)COC2=O)C1. The zero-order valence-electron chi connectivity index (χ0n) is 12.4. The van der Waals surface area contributed by atoms with Crippen LogP contribution in [0.1, 0.15) is 19.3 Å². The van der Waals surface area contributed by atoms with Gasteiger partial charge in [-0.25, -0.2) is 14.5 Å². The average molecular weight is 312 g/mol. The summed E-state index contributed by atoms with van der Waals surface area (Å²) in [6.07, 6.45) is 2.15. The Bertz CT molecular complexity index is 440. The van der Waals surface area contributed by atoms with Crippen molar-refractivity contribution in [2.75, 3.05) is 39.5 Å². The van der Waals surface area contributed by atoms with Gasteiger partial charge in [0.1, 0.15) is 6.61 Å². The zero-order valence-corrected chi connectivity index (χ0v) is 12.4. The fourth-order valence-corrected chi connectivity index (χ4v) is 2.84. The van der Waals surface area contributed by atoms with Gasteiger partial charge in [0.25, 0.3) is 5.91 Å². The van der Waals surface area contributed by atoms with Crippen LogP contribution < -0.4 is 0 Å². The molecule has 3 aliphatic rings. The molecule has 0 radical (unpaired) electrons. The molecule has 0 spiro atoms. The molecule has 3 rings (SSSR count). The van der Waals surface area contributed by atoms with E-state index in [9.17, 15) is 14.4 Å². The van der Waals surface area contributed by atoms with Crippen LogP contribution in [0, 0.1) is 5.92 Å². The molecule has 0 aliphatic carbocycles. The maximum atomic E-state index is 11.9. The maximum absolute atomic E-state index is 11.9. The fraction of sp³-hybridized carbons (Fsp3) is 0.786. The summed E-state index contributed by atoms with van der Waals surface area (Å²) < 4.78 is 15.4. The maximum Gasteiger partial charge on any atom is 0.417 e. The summed E-state index contributed by atoms with van der Waals surface area (Å²) in [6.45, 7) is 2.11. The normalized spacial score (nSPS) is 25.9. The largest absolute Gasteiger partial charge is 0.447 e. The number of cyclic esters (lactones) is 1. The molecule has 8 nitrogen and oxygen atoms in total. The lowest BCUT2D eigenvalue weighted by Gasteiger charge is -2.39. The van der Waals surface area contributed by atoms with Crippen LogP contribution >= 0.6 is 0 Å². The van der Waals surface area contributed by atoms with Crippen molar-refractivity contribution in [2.24, 2.45) is 5.92 Å². The van der Waals surface area contributed by atoms with Gasteiger partial charge in [-0.2, -0.15) is 0 Å². The second kappa shape index (κ2) is 6.51. The van der Waals surface area contributed by atoms with E-state index in [0.717, 1.165) is 30.8 Å². The van der Waals surface area contributed by atoms with Crippen LogP contribution in [-0.4, -0.2) is 73.5 Å². The summed E-state index contributed by atoms with van der Waals surface area (Å²) in [5, 5.41) is 0. The Morgan fingerprint density at radius 2 is 2.09 bits per heavy atom. The molecule has 3 fully saturated rings. The van der Waals surface area contributed by atoms with Gasteiger partial charge in [-0.3, -0.25) is 4.79 Å². The van der Waals surface area contributed by atoms with Gasteiger partial charge in [0.2, 0.25) is 0 Å². The average Bonchev–Trinajstić information content (AvgIpc) is 2.80. The Kier molecular flexibility index (Phi) is 4.47. The second-order valence-corrected chi connectivity index (χ2v) is 5.90. The van der Waals surface area contributed by atoms with Crippen LogP contribution in [0.15, 0.2) is 0 Å². The van der Waals surface area contributed by atoms with Crippen LogP contribution in [-0.2, 0) is 19.0 Å². The number of hydrogen-bond acceptors (Lipinski definition) is 6. The molecule has 0 bridgehead atoms. The summed E-state index contributed by atoms with van der Waals surface area (Å²) in [6, 6.07) is 0. The summed E-state index contributed by atoms with van der Waals surface area (Å²) in [5.74, 6) is -0.228. The first-order valence-electron chi connectivity index (χ1n) is 7.64. The van der Waals surface area contributed by atoms with E-state index < -0.39 is 6.09 Å². The van der Waals surface area contributed by atoms with Gasteiger partial charge in [0.05, 0.1) is 6.10 Å². The van der Waals surface area contributed by atoms with E-state index in [1.807, 2.05) is 0 Å². The van der Waals surface area contributed by atoms with E-state index in [0.29, 0.717) is 19.6 Å². The van der Waals surface area contributed by atoms with E-state index in [4.69, 9.17) is 9.47 Å². The molecule has 3 saturated heterocycles. The molecule has 0 aromatic heterocycles. The van der Waals surface area contributed by atoms with Gasteiger partial charge in [-0.15, -0.1) is 0 Å². The number of hydrogen-bond donors (Lipinski definition) is 0. The van der Waals surface area contributed by atoms with Crippen molar-refractivity contribution in [1.29, 1.82) is 0 Å². The molecule has 3 aliphatic heterocycles. The molecule has 0 N–H and O–H groups in total. The molecule has 3 heterocycles. The zero-order chi connectivity index (χ0) is 15.5.